The number of anilines is 1. The Morgan fingerprint density at radius 3 is 2.76 bits per heavy atom. The van der Waals surface area contributed by atoms with E-state index in [-0.39, 0.29) is 18.1 Å². The van der Waals surface area contributed by atoms with Gasteiger partial charge in [-0.2, -0.15) is 10.2 Å². The maximum Gasteiger partial charge on any atom is 0.356 e. The highest BCUT2D eigenvalue weighted by atomic mass is 16.4. The third-order valence-electron chi connectivity index (χ3n) is 2.85. The Hall–Kier alpha value is -2.64. The average Bonchev–Trinajstić information content (AvgIpc) is 2.98. The molecule has 2 aromatic heterocycles. The second-order valence-electron chi connectivity index (χ2n) is 4.65. The maximum absolute atomic E-state index is 11.9. The Labute approximate surface area is 121 Å². The molecule has 0 radical (unpaired) electrons. The van der Waals surface area contributed by atoms with E-state index >= 15 is 0 Å². The SMILES string of the molecule is CCCn1nc(NC(=O)Cn2ccc(C(=O)O)n2)cc1C. The Morgan fingerprint density at radius 2 is 2.14 bits per heavy atom. The second kappa shape index (κ2) is 6.21. The van der Waals surface area contributed by atoms with Crippen molar-refractivity contribution in [2.45, 2.75) is 33.4 Å². The van der Waals surface area contributed by atoms with Crippen LogP contribution in [-0.4, -0.2) is 36.5 Å². The van der Waals surface area contributed by atoms with E-state index in [1.54, 1.807) is 6.07 Å². The smallest absolute Gasteiger partial charge is 0.356 e. The predicted octanol–water partition coefficient (Wildman–Crippen LogP) is 1.13. The minimum atomic E-state index is -1.12. The van der Waals surface area contributed by atoms with Gasteiger partial charge in [0.2, 0.25) is 5.91 Å². The van der Waals surface area contributed by atoms with Gasteiger partial charge < -0.3 is 10.4 Å². The first kappa shape index (κ1) is 14.8. The summed E-state index contributed by atoms with van der Waals surface area (Å²) in [5.41, 5.74) is 0.880. The maximum atomic E-state index is 11.9. The van der Waals surface area contributed by atoms with Crippen molar-refractivity contribution in [1.29, 1.82) is 0 Å². The van der Waals surface area contributed by atoms with E-state index in [1.807, 2.05) is 11.6 Å². The Bertz CT molecular complexity index is 659. The molecule has 0 saturated carbocycles. The van der Waals surface area contributed by atoms with Gasteiger partial charge in [-0.1, -0.05) is 6.92 Å². The number of nitrogens with zero attached hydrogens (tertiary/aromatic N) is 4. The first-order chi connectivity index (χ1) is 9.99. The molecule has 1 amide bonds. The van der Waals surface area contributed by atoms with Crippen LogP contribution in [0, 0.1) is 6.92 Å². The van der Waals surface area contributed by atoms with Crippen LogP contribution in [0.15, 0.2) is 18.3 Å². The molecule has 2 rings (SSSR count). The molecular weight excluding hydrogens is 274 g/mol. The lowest BCUT2D eigenvalue weighted by molar-refractivity contribution is -0.116. The van der Waals surface area contributed by atoms with Gasteiger partial charge in [-0.25, -0.2) is 4.79 Å². The molecular formula is C13H17N5O3. The zero-order chi connectivity index (χ0) is 15.4. The van der Waals surface area contributed by atoms with E-state index in [1.165, 1.54) is 16.9 Å². The molecule has 2 heterocycles. The fourth-order valence-electron chi connectivity index (χ4n) is 1.90. The first-order valence-electron chi connectivity index (χ1n) is 6.60. The summed E-state index contributed by atoms with van der Waals surface area (Å²) in [6, 6.07) is 3.13. The minimum Gasteiger partial charge on any atom is -0.476 e. The largest absolute Gasteiger partial charge is 0.476 e. The van der Waals surface area contributed by atoms with Gasteiger partial charge in [-0.3, -0.25) is 14.2 Å². The molecule has 2 N–H and O–H groups in total. The Kier molecular flexibility index (Phi) is 4.36. The second-order valence-corrected chi connectivity index (χ2v) is 4.65. The van der Waals surface area contributed by atoms with Gasteiger partial charge in [-0.15, -0.1) is 0 Å². The van der Waals surface area contributed by atoms with Crippen molar-refractivity contribution >= 4 is 17.7 Å². The molecule has 21 heavy (non-hydrogen) atoms. The number of aromatic nitrogens is 4. The first-order valence-corrected chi connectivity index (χ1v) is 6.60. The molecule has 8 heteroatoms. The van der Waals surface area contributed by atoms with Gasteiger partial charge in [0, 0.05) is 24.5 Å². The van der Waals surface area contributed by atoms with Gasteiger partial charge >= 0.3 is 5.97 Å². The number of hydrogen-bond donors (Lipinski definition) is 2. The van der Waals surface area contributed by atoms with Crippen molar-refractivity contribution in [2.75, 3.05) is 5.32 Å². The summed E-state index contributed by atoms with van der Waals surface area (Å²) >= 11 is 0. The highest BCUT2D eigenvalue weighted by Gasteiger charge is 2.11. The molecule has 0 aliphatic carbocycles. The van der Waals surface area contributed by atoms with Crippen molar-refractivity contribution in [3.05, 3.63) is 29.7 Å². The quantitative estimate of drug-likeness (QED) is 0.830. The zero-order valence-electron chi connectivity index (χ0n) is 11.9. The molecule has 0 aromatic carbocycles. The molecule has 0 bridgehead atoms. The third-order valence-corrected chi connectivity index (χ3v) is 2.85. The van der Waals surface area contributed by atoms with E-state index in [2.05, 4.69) is 22.4 Å². The van der Waals surface area contributed by atoms with Crippen LogP contribution in [0.25, 0.3) is 0 Å². The summed E-state index contributed by atoms with van der Waals surface area (Å²) in [5, 5.41) is 19.5. The lowest BCUT2D eigenvalue weighted by Gasteiger charge is -2.02. The van der Waals surface area contributed by atoms with Gasteiger partial charge in [0.25, 0.3) is 0 Å². The van der Waals surface area contributed by atoms with E-state index < -0.39 is 5.97 Å². The van der Waals surface area contributed by atoms with Gasteiger partial charge in [0.05, 0.1) is 0 Å². The number of amides is 1. The van der Waals surface area contributed by atoms with E-state index in [0.29, 0.717) is 5.82 Å². The number of aromatic carboxylic acids is 1. The predicted molar refractivity (Wildman–Crippen MR) is 75.1 cm³/mol. The Balaban J connectivity index is 1.97. The van der Waals surface area contributed by atoms with Crippen LogP contribution in [0.2, 0.25) is 0 Å². The third kappa shape index (κ3) is 3.68. The van der Waals surface area contributed by atoms with Crippen molar-refractivity contribution in [2.24, 2.45) is 0 Å². The number of carboxylic acid groups (broad SMARTS) is 1. The summed E-state index contributed by atoms with van der Waals surface area (Å²) in [7, 11) is 0. The monoisotopic (exact) mass is 291 g/mol. The zero-order valence-corrected chi connectivity index (χ0v) is 11.9. The van der Waals surface area contributed by atoms with E-state index in [4.69, 9.17) is 5.11 Å². The number of rotatable bonds is 6. The van der Waals surface area contributed by atoms with Gasteiger partial charge in [0.1, 0.15) is 6.54 Å². The topological polar surface area (TPSA) is 102 Å². The summed E-state index contributed by atoms with van der Waals surface area (Å²) in [5.74, 6) is -0.948. The van der Waals surface area contributed by atoms with Crippen LogP contribution in [-0.2, 0) is 17.9 Å². The summed E-state index contributed by atoms with van der Waals surface area (Å²) in [4.78, 5) is 22.6. The van der Waals surface area contributed by atoms with Crippen molar-refractivity contribution in [3.8, 4) is 0 Å². The lowest BCUT2D eigenvalue weighted by Crippen LogP contribution is -2.19. The molecule has 0 atom stereocenters. The van der Waals surface area contributed by atoms with Crippen molar-refractivity contribution in [1.82, 2.24) is 19.6 Å². The molecule has 0 aliphatic rings. The van der Waals surface area contributed by atoms with Crippen LogP contribution in [0.3, 0.4) is 0 Å². The van der Waals surface area contributed by atoms with Gasteiger partial charge in [-0.05, 0) is 19.4 Å². The molecule has 0 saturated heterocycles. The molecule has 0 unspecified atom stereocenters. The van der Waals surface area contributed by atoms with Crippen LogP contribution in [0.1, 0.15) is 29.5 Å². The van der Waals surface area contributed by atoms with Crippen molar-refractivity contribution < 1.29 is 14.7 Å². The van der Waals surface area contributed by atoms with Crippen LogP contribution in [0.5, 0.6) is 0 Å². The number of aryl methyl sites for hydroxylation is 2. The summed E-state index contributed by atoms with van der Waals surface area (Å²) in [6.45, 7) is 4.71. The molecule has 8 nitrogen and oxygen atoms in total. The van der Waals surface area contributed by atoms with E-state index in [9.17, 15) is 9.59 Å². The van der Waals surface area contributed by atoms with Gasteiger partial charge in [0.15, 0.2) is 11.5 Å². The summed E-state index contributed by atoms with van der Waals surface area (Å²) < 4.78 is 3.10. The molecule has 0 spiro atoms. The summed E-state index contributed by atoms with van der Waals surface area (Å²) in [6.07, 6.45) is 2.41. The molecule has 2 aromatic rings. The minimum absolute atomic E-state index is 0.0625. The Morgan fingerprint density at radius 1 is 1.38 bits per heavy atom. The molecule has 112 valence electrons. The fraction of sp³-hybridized carbons (Fsp3) is 0.385. The number of carbonyl (C=O) groups is 2. The van der Waals surface area contributed by atoms with Crippen LogP contribution < -0.4 is 5.32 Å². The lowest BCUT2D eigenvalue weighted by atomic mass is 10.4. The highest BCUT2D eigenvalue weighted by molar-refractivity contribution is 5.89. The average molecular weight is 291 g/mol. The fourth-order valence-corrected chi connectivity index (χ4v) is 1.90. The highest BCUT2D eigenvalue weighted by Crippen LogP contribution is 2.09. The molecule has 0 fully saturated rings. The van der Waals surface area contributed by atoms with Crippen LogP contribution in [0.4, 0.5) is 5.82 Å². The number of carboxylic acids is 1. The number of hydrogen-bond acceptors (Lipinski definition) is 4. The number of nitrogens with one attached hydrogen (secondary N) is 1. The van der Waals surface area contributed by atoms with Crippen LogP contribution >= 0.6 is 0 Å². The van der Waals surface area contributed by atoms with E-state index in [0.717, 1.165) is 18.7 Å². The number of carbonyl (C=O) groups excluding carboxylic acids is 1. The molecule has 0 aliphatic heterocycles. The normalized spacial score (nSPS) is 10.6. The standard InChI is InChI=1S/C13H17N5O3/c1-3-5-18-9(2)7-11(16-18)14-12(19)8-17-6-4-10(15-17)13(20)21/h4,6-7H,3,5,8H2,1-2H3,(H,20,21)(H,14,16,19). The van der Waals surface area contributed by atoms with Crippen molar-refractivity contribution in [3.63, 3.8) is 0 Å².